The Bertz CT molecular complexity index is 501. The zero-order valence-corrected chi connectivity index (χ0v) is 18.2. The molecule has 0 aliphatic heterocycles. The standard InChI is InChI=1S/C19H37N3O2S/c1-15(2)16(3)25-12-10-19(6,7)23-11-9-18(4,5)24-14-17-13-22(8)21-20-17/h13,15-16H,9-12,14H2,1-8H3. The number of aryl methyl sites for hydroxylation is 1. The molecule has 146 valence electrons. The van der Waals surface area contributed by atoms with Crippen LogP contribution in [-0.4, -0.2) is 43.8 Å². The second kappa shape index (κ2) is 9.93. The molecule has 0 N–H and O–H groups in total. The molecule has 0 amide bonds. The average molecular weight is 372 g/mol. The Kier molecular flexibility index (Phi) is 8.92. The summed E-state index contributed by atoms with van der Waals surface area (Å²) < 4.78 is 13.8. The summed E-state index contributed by atoms with van der Waals surface area (Å²) in [7, 11) is 1.86. The second-order valence-electron chi connectivity index (χ2n) is 8.36. The van der Waals surface area contributed by atoms with Gasteiger partial charge in [-0.3, -0.25) is 4.68 Å². The first-order valence-corrected chi connectivity index (χ1v) is 10.3. The molecule has 0 fully saturated rings. The summed E-state index contributed by atoms with van der Waals surface area (Å²) in [5, 5.41) is 8.67. The molecule has 1 rings (SSSR count). The average Bonchev–Trinajstić information content (AvgIpc) is 2.90. The Morgan fingerprint density at radius 3 is 2.28 bits per heavy atom. The number of hydrogen-bond donors (Lipinski definition) is 0. The Balaban J connectivity index is 2.26. The topological polar surface area (TPSA) is 49.2 Å². The van der Waals surface area contributed by atoms with E-state index in [-0.39, 0.29) is 11.2 Å². The monoisotopic (exact) mass is 371 g/mol. The van der Waals surface area contributed by atoms with Crippen LogP contribution in [0.1, 0.15) is 67.0 Å². The highest BCUT2D eigenvalue weighted by Gasteiger charge is 2.23. The van der Waals surface area contributed by atoms with E-state index in [0.717, 1.165) is 30.2 Å². The third-order valence-corrected chi connectivity index (χ3v) is 5.99. The van der Waals surface area contributed by atoms with Gasteiger partial charge in [0.25, 0.3) is 0 Å². The molecule has 1 aromatic rings. The van der Waals surface area contributed by atoms with Gasteiger partial charge in [0.1, 0.15) is 5.69 Å². The lowest BCUT2D eigenvalue weighted by Crippen LogP contribution is -2.31. The smallest absolute Gasteiger partial charge is 0.108 e. The van der Waals surface area contributed by atoms with Crippen LogP contribution in [0.5, 0.6) is 0 Å². The fraction of sp³-hybridized carbons (Fsp3) is 0.895. The van der Waals surface area contributed by atoms with E-state index in [2.05, 4.69) is 58.8 Å². The molecule has 1 unspecified atom stereocenters. The van der Waals surface area contributed by atoms with Gasteiger partial charge in [-0.2, -0.15) is 11.8 Å². The summed E-state index contributed by atoms with van der Waals surface area (Å²) >= 11 is 2.04. The van der Waals surface area contributed by atoms with Gasteiger partial charge in [-0.05, 0) is 52.2 Å². The van der Waals surface area contributed by atoms with Crippen LogP contribution < -0.4 is 0 Å². The van der Waals surface area contributed by atoms with Crippen LogP contribution in [-0.2, 0) is 23.1 Å². The first-order chi connectivity index (χ1) is 11.5. The maximum absolute atomic E-state index is 6.14. The SMILES string of the molecule is CC(C)C(C)SCCC(C)(C)OCCC(C)(C)OCc1cn(C)nn1. The van der Waals surface area contributed by atoms with Crippen molar-refractivity contribution in [1.82, 2.24) is 15.0 Å². The molecule has 25 heavy (non-hydrogen) atoms. The Labute approximate surface area is 158 Å². The molecule has 0 bridgehead atoms. The van der Waals surface area contributed by atoms with Gasteiger partial charge in [-0.15, -0.1) is 5.10 Å². The van der Waals surface area contributed by atoms with Crippen molar-refractivity contribution in [1.29, 1.82) is 0 Å². The fourth-order valence-corrected chi connectivity index (χ4v) is 3.50. The van der Waals surface area contributed by atoms with E-state index in [1.54, 1.807) is 4.68 Å². The molecule has 0 saturated carbocycles. The lowest BCUT2D eigenvalue weighted by molar-refractivity contribution is -0.0790. The van der Waals surface area contributed by atoms with Crippen LogP contribution in [0.15, 0.2) is 6.20 Å². The maximum atomic E-state index is 6.14. The molecule has 0 radical (unpaired) electrons. The third-order valence-electron chi connectivity index (χ3n) is 4.48. The molecule has 1 atom stereocenters. The van der Waals surface area contributed by atoms with Gasteiger partial charge in [0.15, 0.2) is 0 Å². The zero-order chi connectivity index (χ0) is 19.1. The van der Waals surface area contributed by atoms with Crippen molar-refractivity contribution in [3.05, 3.63) is 11.9 Å². The lowest BCUT2D eigenvalue weighted by atomic mass is 10.0. The first kappa shape index (κ1) is 22.5. The highest BCUT2D eigenvalue weighted by molar-refractivity contribution is 7.99. The first-order valence-electron chi connectivity index (χ1n) is 9.25. The van der Waals surface area contributed by atoms with Gasteiger partial charge >= 0.3 is 0 Å². The molecule has 1 aromatic heterocycles. The van der Waals surface area contributed by atoms with Crippen molar-refractivity contribution >= 4 is 11.8 Å². The van der Waals surface area contributed by atoms with Crippen molar-refractivity contribution in [3.63, 3.8) is 0 Å². The van der Waals surface area contributed by atoms with Gasteiger partial charge in [0, 0.05) is 12.3 Å². The van der Waals surface area contributed by atoms with Crippen LogP contribution >= 0.6 is 11.8 Å². The maximum Gasteiger partial charge on any atom is 0.108 e. The number of nitrogens with zero attached hydrogens (tertiary/aromatic N) is 3. The Hall–Kier alpha value is -0.590. The van der Waals surface area contributed by atoms with Gasteiger partial charge in [-0.25, -0.2) is 0 Å². The summed E-state index contributed by atoms with van der Waals surface area (Å²) in [5.41, 5.74) is 0.521. The molecular formula is C19H37N3O2S. The van der Waals surface area contributed by atoms with Crippen molar-refractivity contribution in [2.45, 2.75) is 84.4 Å². The second-order valence-corrected chi connectivity index (χ2v) is 9.85. The minimum atomic E-state index is -0.242. The Morgan fingerprint density at radius 1 is 1.08 bits per heavy atom. The largest absolute Gasteiger partial charge is 0.375 e. The normalized spacial score (nSPS) is 14.3. The van der Waals surface area contributed by atoms with E-state index in [1.807, 2.05) is 25.0 Å². The molecule has 0 aliphatic carbocycles. The van der Waals surface area contributed by atoms with Gasteiger partial charge < -0.3 is 9.47 Å². The minimum absolute atomic E-state index is 0.0926. The summed E-state index contributed by atoms with van der Waals surface area (Å²) in [6.45, 7) is 16.6. The molecule has 0 saturated heterocycles. The van der Waals surface area contributed by atoms with Crippen LogP contribution in [0.3, 0.4) is 0 Å². The van der Waals surface area contributed by atoms with Gasteiger partial charge in [0.05, 0.1) is 30.6 Å². The number of thioether (sulfide) groups is 1. The van der Waals surface area contributed by atoms with Gasteiger partial charge in [-0.1, -0.05) is 26.0 Å². The van der Waals surface area contributed by atoms with Crippen LogP contribution in [0.4, 0.5) is 0 Å². The predicted octanol–water partition coefficient (Wildman–Crippen LogP) is 4.46. The van der Waals surface area contributed by atoms with E-state index in [9.17, 15) is 0 Å². The van der Waals surface area contributed by atoms with Crippen LogP contribution in [0, 0.1) is 5.92 Å². The van der Waals surface area contributed by atoms with E-state index < -0.39 is 0 Å². The number of ether oxygens (including phenoxy) is 2. The van der Waals surface area contributed by atoms with Crippen molar-refractivity contribution in [2.75, 3.05) is 12.4 Å². The van der Waals surface area contributed by atoms with Crippen LogP contribution in [0.2, 0.25) is 0 Å². The number of hydrogen-bond acceptors (Lipinski definition) is 5. The van der Waals surface area contributed by atoms with E-state index >= 15 is 0 Å². The highest BCUT2D eigenvalue weighted by atomic mass is 32.2. The zero-order valence-electron chi connectivity index (χ0n) is 17.3. The molecule has 0 spiro atoms. The highest BCUT2D eigenvalue weighted by Crippen LogP contribution is 2.25. The van der Waals surface area contributed by atoms with Crippen molar-refractivity contribution in [2.24, 2.45) is 13.0 Å². The summed E-state index contributed by atoms with van der Waals surface area (Å²) in [6, 6.07) is 0. The molecule has 6 heteroatoms. The molecule has 5 nitrogen and oxygen atoms in total. The lowest BCUT2D eigenvalue weighted by Gasteiger charge is -2.30. The van der Waals surface area contributed by atoms with Crippen molar-refractivity contribution in [3.8, 4) is 0 Å². The summed E-state index contributed by atoms with van der Waals surface area (Å²) in [5.74, 6) is 1.86. The predicted molar refractivity (Wildman–Crippen MR) is 106 cm³/mol. The third kappa shape index (κ3) is 9.61. The minimum Gasteiger partial charge on any atom is -0.375 e. The quantitative estimate of drug-likeness (QED) is 0.543. The molecule has 0 aliphatic rings. The Morgan fingerprint density at radius 2 is 1.72 bits per heavy atom. The van der Waals surface area contributed by atoms with Gasteiger partial charge in [0.2, 0.25) is 0 Å². The van der Waals surface area contributed by atoms with E-state index in [1.165, 1.54) is 0 Å². The summed E-state index contributed by atoms with van der Waals surface area (Å²) in [4.78, 5) is 0. The molecule has 1 heterocycles. The van der Waals surface area contributed by atoms with Crippen LogP contribution in [0.25, 0.3) is 0 Å². The van der Waals surface area contributed by atoms with E-state index in [4.69, 9.17) is 9.47 Å². The van der Waals surface area contributed by atoms with E-state index in [0.29, 0.717) is 18.5 Å². The summed E-state index contributed by atoms with van der Waals surface area (Å²) in [6.07, 6.45) is 3.80. The molecule has 0 aromatic carbocycles. The fourth-order valence-electron chi connectivity index (χ4n) is 2.13. The molecular weight excluding hydrogens is 334 g/mol. The number of aromatic nitrogens is 3. The van der Waals surface area contributed by atoms with Crippen molar-refractivity contribution < 1.29 is 9.47 Å². The number of rotatable bonds is 12.